The Morgan fingerprint density at radius 3 is 1.77 bits per heavy atom. The van der Waals surface area contributed by atoms with Crippen LogP contribution in [0.1, 0.15) is 55.2 Å². The average Bonchev–Trinajstić information content (AvgIpc) is 3.87. The van der Waals surface area contributed by atoms with Crippen LogP contribution in [0.2, 0.25) is 0 Å². The van der Waals surface area contributed by atoms with E-state index in [2.05, 4.69) is 33.1 Å². The van der Waals surface area contributed by atoms with Crippen LogP contribution >= 0.6 is 11.8 Å². The Kier molecular flexibility index (Phi) is 25.1. The minimum absolute atomic E-state index is 0.0351. The van der Waals surface area contributed by atoms with Gasteiger partial charge in [0.25, 0.3) is 0 Å². The van der Waals surface area contributed by atoms with Crippen molar-refractivity contribution in [2.24, 2.45) is 0 Å². The summed E-state index contributed by atoms with van der Waals surface area (Å²) in [4.78, 5) is 51.0. The zero-order chi connectivity index (χ0) is 45.6. The van der Waals surface area contributed by atoms with E-state index in [-0.39, 0.29) is 61.8 Å². The van der Waals surface area contributed by atoms with Gasteiger partial charge in [-0.2, -0.15) is 11.8 Å². The number of nitrogens with one attached hydrogen (secondary N) is 4. The zero-order valence-corrected chi connectivity index (χ0v) is 38.3. The quantitative estimate of drug-likeness (QED) is 0.0449. The van der Waals surface area contributed by atoms with E-state index >= 15 is 0 Å². The molecule has 3 atom stereocenters. The monoisotopic (exact) mass is 925 g/mol. The lowest BCUT2D eigenvalue weighted by atomic mass is 10.0. The molecule has 0 aromatic heterocycles. The standard InChI is InChI=1S/C47H67N5O12S/c53-43(12-6-5-11-42-46-40(36-65-42)50-47(56)51-46)49-18-20-58-22-24-60-26-28-62-30-32-64-34-33-63-31-29-61-27-25-59-23-21-57-19-16-44(54)48-17-15-45(55)52-35-39-9-2-1-7-37(39)13-14-38-8-3-4-10-41(38)52/h1-4,7-10,40,42,46H,5-6,11-12,15-36H2,(H,48,54)(H,49,53)(H2,50,51,56)/t40-,42-,46-/m0/s1. The number of carbonyl (C=O) groups excluding carboxylic acids is 4. The second kappa shape index (κ2) is 31.6. The van der Waals surface area contributed by atoms with Crippen molar-refractivity contribution in [3.05, 3.63) is 65.2 Å². The number of amides is 5. The maximum absolute atomic E-state index is 13.3. The van der Waals surface area contributed by atoms with Crippen LogP contribution < -0.4 is 26.2 Å². The smallest absolute Gasteiger partial charge is 0.315 e. The number of ether oxygens (including phenoxy) is 8. The van der Waals surface area contributed by atoms with Crippen molar-refractivity contribution in [2.75, 3.05) is 129 Å². The van der Waals surface area contributed by atoms with Gasteiger partial charge in [0.2, 0.25) is 17.7 Å². The second-order valence-electron chi connectivity index (χ2n) is 15.4. The van der Waals surface area contributed by atoms with Crippen LogP contribution in [0.4, 0.5) is 10.5 Å². The van der Waals surface area contributed by atoms with Gasteiger partial charge in [0.15, 0.2) is 0 Å². The van der Waals surface area contributed by atoms with E-state index < -0.39 is 0 Å². The number of anilines is 1. The van der Waals surface area contributed by atoms with E-state index in [0.717, 1.165) is 47.4 Å². The van der Waals surface area contributed by atoms with Gasteiger partial charge in [-0.1, -0.05) is 48.6 Å². The van der Waals surface area contributed by atoms with Crippen LogP contribution in [0.15, 0.2) is 48.5 Å². The molecule has 0 spiro atoms. The molecule has 3 heterocycles. The first-order valence-corrected chi connectivity index (χ1v) is 23.9. The fraction of sp³-hybridized carbons (Fsp3) is 0.617. The first-order valence-electron chi connectivity index (χ1n) is 22.8. The molecule has 17 nitrogen and oxygen atoms in total. The van der Waals surface area contributed by atoms with E-state index in [1.54, 1.807) is 4.90 Å². The summed E-state index contributed by atoms with van der Waals surface area (Å²) in [5.41, 5.74) is 3.45. The Balaban J connectivity index is 0.698. The number of hydrogen-bond acceptors (Lipinski definition) is 13. The molecule has 5 rings (SSSR count). The van der Waals surface area contributed by atoms with Gasteiger partial charge in [-0.25, -0.2) is 4.79 Å². The average molecular weight is 926 g/mol. The van der Waals surface area contributed by atoms with Crippen LogP contribution in [-0.2, 0) is 58.8 Å². The number of rotatable bonds is 35. The van der Waals surface area contributed by atoms with Gasteiger partial charge in [0.1, 0.15) is 0 Å². The lowest BCUT2D eigenvalue weighted by Crippen LogP contribution is -2.36. The van der Waals surface area contributed by atoms with Crippen molar-refractivity contribution in [3.63, 3.8) is 0 Å². The van der Waals surface area contributed by atoms with E-state index in [1.807, 2.05) is 60.3 Å². The molecule has 2 fully saturated rings. The number of carbonyl (C=O) groups is 4. The predicted octanol–water partition coefficient (Wildman–Crippen LogP) is 2.80. The van der Waals surface area contributed by atoms with Crippen molar-refractivity contribution < 1.29 is 57.1 Å². The maximum atomic E-state index is 13.3. The summed E-state index contributed by atoms with van der Waals surface area (Å²) in [6.45, 7) is 7.99. The molecule has 3 aliphatic heterocycles. The number of fused-ring (bicyclic) bond motifs is 3. The third kappa shape index (κ3) is 20.4. The number of benzene rings is 2. The molecule has 5 amide bonds. The van der Waals surface area contributed by atoms with Crippen molar-refractivity contribution in [1.29, 1.82) is 0 Å². The molecule has 0 radical (unpaired) electrons. The minimum atomic E-state index is -0.176. The molecule has 2 aromatic rings. The Morgan fingerprint density at radius 1 is 0.600 bits per heavy atom. The van der Waals surface area contributed by atoms with Gasteiger partial charge in [-0.05, 0) is 36.6 Å². The van der Waals surface area contributed by atoms with Crippen molar-refractivity contribution >= 4 is 41.2 Å². The molecule has 358 valence electrons. The van der Waals surface area contributed by atoms with Crippen LogP contribution in [0.25, 0.3) is 0 Å². The Hall–Kier alpha value is -4.29. The third-order valence-corrected chi connectivity index (χ3v) is 12.1. The molecule has 0 bridgehead atoms. The maximum Gasteiger partial charge on any atom is 0.315 e. The predicted molar refractivity (Wildman–Crippen MR) is 246 cm³/mol. The molecule has 4 N–H and O–H groups in total. The van der Waals surface area contributed by atoms with Crippen molar-refractivity contribution in [1.82, 2.24) is 21.3 Å². The summed E-state index contributed by atoms with van der Waals surface area (Å²) in [5, 5.41) is 12.1. The molecule has 0 saturated carbocycles. The largest absolute Gasteiger partial charge is 0.379 e. The van der Waals surface area contributed by atoms with Crippen LogP contribution in [-0.4, -0.2) is 166 Å². The highest BCUT2D eigenvalue weighted by molar-refractivity contribution is 8.00. The third-order valence-electron chi connectivity index (χ3n) is 10.6. The van der Waals surface area contributed by atoms with E-state index in [9.17, 15) is 19.2 Å². The number of nitrogens with zero attached hydrogens (tertiary/aromatic N) is 1. The molecular weight excluding hydrogens is 859 g/mol. The number of unbranched alkanes of at least 4 members (excludes halogenated alkanes) is 1. The summed E-state index contributed by atoms with van der Waals surface area (Å²) >= 11 is 1.90. The highest BCUT2D eigenvalue weighted by Gasteiger charge is 2.42. The minimum Gasteiger partial charge on any atom is -0.379 e. The van der Waals surface area contributed by atoms with Crippen molar-refractivity contribution in [2.45, 2.75) is 62.4 Å². The van der Waals surface area contributed by atoms with Crippen LogP contribution in [0.5, 0.6) is 0 Å². The van der Waals surface area contributed by atoms with Gasteiger partial charge in [-0.15, -0.1) is 0 Å². The molecule has 2 saturated heterocycles. The van der Waals surface area contributed by atoms with Gasteiger partial charge >= 0.3 is 6.03 Å². The lowest BCUT2D eigenvalue weighted by Gasteiger charge is -2.26. The summed E-state index contributed by atoms with van der Waals surface area (Å²) < 4.78 is 44.1. The normalized spacial score (nSPS) is 17.1. The first-order chi connectivity index (χ1) is 32.0. The molecule has 0 unspecified atom stereocenters. The van der Waals surface area contributed by atoms with Crippen LogP contribution in [0.3, 0.4) is 0 Å². The summed E-state index contributed by atoms with van der Waals surface area (Å²) in [7, 11) is 0. The number of thioether (sulfide) groups is 1. The van der Waals surface area contributed by atoms with Crippen molar-refractivity contribution in [3.8, 4) is 11.8 Å². The molecule has 65 heavy (non-hydrogen) atoms. The molecule has 0 aliphatic carbocycles. The van der Waals surface area contributed by atoms with Gasteiger partial charge in [-0.3, -0.25) is 14.4 Å². The fourth-order valence-electron chi connectivity index (χ4n) is 7.17. The molecule has 18 heteroatoms. The van der Waals surface area contributed by atoms with E-state index in [4.69, 9.17) is 37.9 Å². The zero-order valence-electron chi connectivity index (χ0n) is 37.5. The molecular formula is C47H67N5O12S. The highest BCUT2D eigenvalue weighted by Crippen LogP contribution is 2.33. The Bertz CT molecular complexity index is 1800. The van der Waals surface area contributed by atoms with Gasteiger partial charge < -0.3 is 64.1 Å². The van der Waals surface area contributed by atoms with Gasteiger partial charge in [0.05, 0.1) is 130 Å². The SMILES string of the molecule is O=C(CCCC[C@@H]1SC[C@@H]2NC(=O)N[C@@H]21)NCCOCCOCCOCCOCCOCCOCCOCCOCCC(=O)NCCC(=O)N1Cc2ccccc2C#Cc2ccccc21. The summed E-state index contributed by atoms with van der Waals surface area (Å²) in [5.74, 6) is 7.14. The summed E-state index contributed by atoms with van der Waals surface area (Å²) in [6.07, 6.45) is 3.66. The topological polar surface area (TPSA) is 193 Å². The molecule has 2 aromatic carbocycles. The van der Waals surface area contributed by atoms with E-state index in [1.165, 1.54) is 0 Å². The second-order valence-corrected chi connectivity index (χ2v) is 16.6. The lowest BCUT2D eigenvalue weighted by molar-refractivity contribution is -0.123. The van der Waals surface area contributed by atoms with Gasteiger partial charge in [0, 0.05) is 54.5 Å². The number of hydrogen-bond donors (Lipinski definition) is 4. The highest BCUT2D eigenvalue weighted by atomic mass is 32.2. The van der Waals surface area contributed by atoms with E-state index in [0.29, 0.717) is 124 Å². The first kappa shape index (κ1) is 51.7. The Morgan fingerprint density at radius 2 is 1.12 bits per heavy atom. The Labute approximate surface area is 387 Å². The summed E-state index contributed by atoms with van der Waals surface area (Å²) in [6, 6.07) is 15.8. The van der Waals surface area contributed by atoms with Crippen LogP contribution in [0, 0.1) is 11.8 Å². The fourth-order valence-corrected chi connectivity index (χ4v) is 8.71. The number of urea groups is 1. The number of para-hydroxylation sites is 1. The molecule has 3 aliphatic rings.